The predicted molar refractivity (Wildman–Crippen MR) is 86.9 cm³/mol. The first kappa shape index (κ1) is 17.5. The minimum absolute atomic E-state index is 0.159. The van der Waals surface area contributed by atoms with E-state index in [2.05, 4.69) is 6.07 Å². The number of nitrogens with zero attached hydrogens (tertiary/aromatic N) is 1. The third-order valence-corrected chi connectivity index (χ3v) is 3.36. The molecule has 0 aliphatic carbocycles. The number of ether oxygens (including phenoxy) is 1. The molecule has 0 spiro atoms. The van der Waals surface area contributed by atoms with E-state index in [1.165, 1.54) is 0 Å². The molecule has 2 atom stereocenters. The van der Waals surface area contributed by atoms with Gasteiger partial charge in [0.15, 0.2) is 0 Å². The summed E-state index contributed by atoms with van der Waals surface area (Å²) in [7, 11) is -0.560. The van der Waals surface area contributed by atoms with Crippen LogP contribution in [-0.4, -0.2) is 30.9 Å². The van der Waals surface area contributed by atoms with E-state index in [0.29, 0.717) is 6.42 Å². The van der Waals surface area contributed by atoms with Crippen molar-refractivity contribution in [2.24, 2.45) is 0 Å². The first-order valence-corrected chi connectivity index (χ1v) is 7.82. The summed E-state index contributed by atoms with van der Waals surface area (Å²) in [6, 6.07) is 11.7. The van der Waals surface area contributed by atoms with Gasteiger partial charge in [-0.15, -0.1) is 0 Å². The Hall–Kier alpha value is -1.84. The summed E-state index contributed by atoms with van der Waals surface area (Å²) in [5, 5.41) is 8.93. The van der Waals surface area contributed by atoms with Crippen molar-refractivity contribution >= 4 is 18.6 Å². The monoisotopic (exact) mass is 315 g/mol. The van der Waals surface area contributed by atoms with E-state index >= 15 is 0 Å². The van der Waals surface area contributed by atoms with E-state index < -0.39 is 12.7 Å². The van der Waals surface area contributed by atoms with Crippen LogP contribution in [0, 0.1) is 11.3 Å². The number of rotatable bonds is 4. The van der Waals surface area contributed by atoms with Gasteiger partial charge in [-0.1, -0.05) is 30.3 Å². The number of esters is 1. The number of nitriles is 1. The zero-order chi connectivity index (χ0) is 16.9. The van der Waals surface area contributed by atoms with Gasteiger partial charge in [0, 0.05) is 0 Å². The fraction of sp³-hybridized carbons (Fsp3) is 0.529. The highest BCUT2D eigenvalue weighted by Gasteiger charge is 2.36. The standard InChI is InChI=1S/C17H22BNO4/c1-17(2,3)21-16(20)12-15-11-14(9-10-19)22-18(23-15)13-7-5-4-6-8-13/h4-8,14-15H,9,11-12H2,1-3H3. The molecule has 0 radical (unpaired) electrons. The molecule has 1 saturated heterocycles. The summed E-state index contributed by atoms with van der Waals surface area (Å²) < 4.78 is 17.1. The molecule has 6 heteroatoms. The van der Waals surface area contributed by atoms with Crippen LogP contribution in [0.4, 0.5) is 0 Å². The van der Waals surface area contributed by atoms with Crippen molar-refractivity contribution in [1.29, 1.82) is 5.26 Å². The molecule has 0 saturated carbocycles. The Bertz CT molecular complexity index is 564. The normalized spacial score (nSPS) is 21.6. The van der Waals surface area contributed by atoms with E-state index in [0.717, 1.165) is 5.46 Å². The van der Waals surface area contributed by atoms with Crippen LogP contribution >= 0.6 is 0 Å². The lowest BCUT2D eigenvalue weighted by Crippen LogP contribution is -2.49. The van der Waals surface area contributed by atoms with Crippen LogP contribution in [0.5, 0.6) is 0 Å². The SMILES string of the molecule is CC(C)(C)OC(=O)CC1CC(CC#N)OB(c2ccccc2)O1. The minimum Gasteiger partial charge on any atom is -0.460 e. The van der Waals surface area contributed by atoms with E-state index in [4.69, 9.17) is 19.3 Å². The number of hydrogen-bond donors (Lipinski definition) is 0. The molecule has 1 fully saturated rings. The molecule has 0 bridgehead atoms. The van der Waals surface area contributed by atoms with Crippen LogP contribution in [0.1, 0.15) is 40.0 Å². The Morgan fingerprint density at radius 1 is 1.30 bits per heavy atom. The Morgan fingerprint density at radius 2 is 1.96 bits per heavy atom. The van der Waals surface area contributed by atoms with Gasteiger partial charge >= 0.3 is 13.1 Å². The quantitative estimate of drug-likeness (QED) is 0.629. The van der Waals surface area contributed by atoms with Gasteiger partial charge in [0.05, 0.1) is 31.1 Å². The summed E-state index contributed by atoms with van der Waals surface area (Å²) in [6.45, 7) is 5.50. The van der Waals surface area contributed by atoms with Gasteiger partial charge in [-0.05, 0) is 32.7 Å². The Labute approximate surface area is 137 Å². The van der Waals surface area contributed by atoms with Crippen LogP contribution < -0.4 is 5.46 Å². The van der Waals surface area contributed by atoms with E-state index in [9.17, 15) is 4.79 Å². The fourth-order valence-corrected chi connectivity index (χ4v) is 2.49. The van der Waals surface area contributed by atoms with Gasteiger partial charge in [-0.2, -0.15) is 5.26 Å². The van der Waals surface area contributed by atoms with E-state index in [1.807, 2.05) is 51.1 Å². The van der Waals surface area contributed by atoms with Crippen LogP contribution in [0.15, 0.2) is 30.3 Å². The van der Waals surface area contributed by atoms with Crippen molar-refractivity contribution in [2.45, 2.75) is 57.8 Å². The highest BCUT2D eigenvalue weighted by molar-refractivity contribution is 6.61. The first-order chi connectivity index (χ1) is 10.9. The molecule has 0 N–H and O–H groups in total. The van der Waals surface area contributed by atoms with Gasteiger partial charge in [-0.3, -0.25) is 4.79 Å². The van der Waals surface area contributed by atoms with Crippen molar-refractivity contribution < 1.29 is 18.8 Å². The lowest BCUT2D eigenvalue weighted by molar-refractivity contribution is -0.157. The molecule has 1 heterocycles. The summed E-state index contributed by atoms with van der Waals surface area (Å²) >= 11 is 0. The van der Waals surface area contributed by atoms with E-state index in [-0.39, 0.29) is 31.0 Å². The van der Waals surface area contributed by atoms with Crippen molar-refractivity contribution in [3.63, 3.8) is 0 Å². The number of carbonyl (C=O) groups excluding carboxylic acids is 1. The second kappa shape index (κ2) is 7.63. The van der Waals surface area contributed by atoms with E-state index in [1.54, 1.807) is 0 Å². The highest BCUT2D eigenvalue weighted by atomic mass is 16.6. The molecule has 1 aromatic rings. The molecule has 1 aliphatic rings. The second-order valence-corrected chi connectivity index (χ2v) is 6.65. The molecule has 1 aromatic carbocycles. The zero-order valence-electron chi connectivity index (χ0n) is 13.8. The van der Waals surface area contributed by atoms with Gasteiger partial charge in [0.1, 0.15) is 5.60 Å². The minimum atomic E-state index is -0.560. The smallest absolute Gasteiger partial charge is 0.460 e. The van der Waals surface area contributed by atoms with Gasteiger partial charge in [0.2, 0.25) is 0 Å². The van der Waals surface area contributed by atoms with Crippen LogP contribution in [-0.2, 0) is 18.8 Å². The molecule has 23 heavy (non-hydrogen) atoms. The maximum absolute atomic E-state index is 12.0. The van der Waals surface area contributed by atoms with Gasteiger partial charge in [-0.25, -0.2) is 0 Å². The molecule has 2 unspecified atom stereocenters. The zero-order valence-corrected chi connectivity index (χ0v) is 13.8. The number of benzene rings is 1. The average molecular weight is 315 g/mol. The summed E-state index contributed by atoms with van der Waals surface area (Å²) in [5.41, 5.74) is 0.358. The topological polar surface area (TPSA) is 68.6 Å². The predicted octanol–water partition coefficient (Wildman–Crippen LogP) is 2.20. The van der Waals surface area contributed by atoms with Crippen LogP contribution in [0.2, 0.25) is 0 Å². The number of hydrogen-bond acceptors (Lipinski definition) is 5. The van der Waals surface area contributed by atoms with Crippen molar-refractivity contribution in [3.05, 3.63) is 30.3 Å². The molecular weight excluding hydrogens is 293 g/mol. The third kappa shape index (κ3) is 5.70. The highest BCUT2D eigenvalue weighted by Crippen LogP contribution is 2.22. The molecule has 0 amide bonds. The Kier molecular flexibility index (Phi) is 5.81. The summed E-state index contributed by atoms with van der Waals surface area (Å²) in [4.78, 5) is 12.0. The second-order valence-electron chi connectivity index (χ2n) is 6.65. The van der Waals surface area contributed by atoms with Crippen LogP contribution in [0.3, 0.4) is 0 Å². The largest absolute Gasteiger partial charge is 0.494 e. The molecule has 1 aliphatic heterocycles. The maximum Gasteiger partial charge on any atom is 0.494 e. The van der Waals surface area contributed by atoms with Crippen molar-refractivity contribution in [1.82, 2.24) is 0 Å². The molecule has 0 aromatic heterocycles. The van der Waals surface area contributed by atoms with Gasteiger partial charge < -0.3 is 14.0 Å². The average Bonchev–Trinajstić information content (AvgIpc) is 2.46. The third-order valence-electron chi connectivity index (χ3n) is 3.36. The lowest BCUT2D eigenvalue weighted by Gasteiger charge is -2.33. The maximum atomic E-state index is 12.0. The molecule has 122 valence electrons. The Balaban J connectivity index is 2.04. The summed E-state index contributed by atoms with van der Waals surface area (Å²) in [5.74, 6) is -0.299. The fourth-order valence-electron chi connectivity index (χ4n) is 2.49. The van der Waals surface area contributed by atoms with Gasteiger partial charge in [0.25, 0.3) is 0 Å². The first-order valence-electron chi connectivity index (χ1n) is 7.82. The molecule has 5 nitrogen and oxygen atoms in total. The van der Waals surface area contributed by atoms with Crippen molar-refractivity contribution in [2.75, 3.05) is 0 Å². The molecule has 2 rings (SSSR count). The van der Waals surface area contributed by atoms with Crippen molar-refractivity contribution in [3.8, 4) is 6.07 Å². The lowest BCUT2D eigenvalue weighted by atomic mass is 9.76. The van der Waals surface area contributed by atoms with Crippen LogP contribution in [0.25, 0.3) is 0 Å². The number of carbonyl (C=O) groups is 1. The molecular formula is C17H22BNO4. The summed E-state index contributed by atoms with van der Waals surface area (Å²) in [6.07, 6.45) is 0.382. The Morgan fingerprint density at radius 3 is 2.57 bits per heavy atom.